The lowest BCUT2D eigenvalue weighted by Crippen LogP contribution is -2.02. The molecule has 0 bridgehead atoms. The van der Waals surface area contributed by atoms with Gasteiger partial charge in [-0.3, -0.25) is 4.57 Å². The summed E-state index contributed by atoms with van der Waals surface area (Å²) in [5.41, 5.74) is 5.72. The second-order valence-electron chi connectivity index (χ2n) is 9.11. The van der Waals surface area contributed by atoms with Gasteiger partial charge in [-0.25, -0.2) is 9.97 Å². The van der Waals surface area contributed by atoms with Crippen LogP contribution in [0.5, 0.6) is 0 Å². The Kier molecular flexibility index (Phi) is 3.91. The standard InChI is InChI=1S/C32H20N4/c1-2-10-22(11-3-1)35-29-23-12-5-4-9-21(23)15-16-26(29)27-18-17-25-24-13-6-7-14-28(24)36(31(25)30(27)35)32-33-19-8-20-34-32/h1-20H. The molecule has 0 spiro atoms. The Bertz CT molecular complexity index is 2080. The molecule has 0 unspecified atom stereocenters. The summed E-state index contributed by atoms with van der Waals surface area (Å²) in [6, 6.07) is 38.7. The van der Waals surface area contributed by atoms with Crippen LogP contribution in [0.15, 0.2) is 122 Å². The first-order valence-electron chi connectivity index (χ1n) is 12.1. The molecule has 0 saturated heterocycles. The molecule has 4 nitrogen and oxygen atoms in total. The van der Waals surface area contributed by atoms with Gasteiger partial charge in [-0.05, 0) is 29.7 Å². The highest BCUT2D eigenvalue weighted by Gasteiger charge is 2.22. The van der Waals surface area contributed by atoms with Crippen LogP contribution in [0.2, 0.25) is 0 Å². The summed E-state index contributed by atoms with van der Waals surface area (Å²) in [7, 11) is 0. The van der Waals surface area contributed by atoms with Crippen LogP contribution in [0, 0.1) is 0 Å². The molecule has 5 aromatic carbocycles. The predicted octanol–water partition coefficient (Wildman–Crippen LogP) is 7.82. The van der Waals surface area contributed by atoms with E-state index in [1.54, 1.807) is 0 Å². The first-order valence-corrected chi connectivity index (χ1v) is 12.1. The quantitative estimate of drug-likeness (QED) is 0.264. The van der Waals surface area contributed by atoms with Gasteiger partial charge in [0.05, 0.1) is 22.1 Å². The van der Waals surface area contributed by atoms with Gasteiger partial charge in [-0.1, -0.05) is 84.9 Å². The summed E-state index contributed by atoms with van der Waals surface area (Å²) in [6.45, 7) is 0. The van der Waals surface area contributed by atoms with E-state index in [0.29, 0.717) is 5.95 Å². The lowest BCUT2D eigenvalue weighted by Gasteiger charge is -2.12. The molecule has 36 heavy (non-hydrogen) atoms. The Morgan fingerprint density at radius 3 is 1.86 bits per heavy atom. The van der Waals surface area contributed by atoms with Gasteiger partial charge in [0.1, 0.15) is 0 Å². The van der Waals surface area contributed by atoms with Crippen LogP contribution >= 0.6 is 0 Å². The minimum atomic E-state index is 0.672. The normalized spacial score (nSPS) is 11.9. The van der Waals surface area contributed by atoms with Gasteiger partial charge in [0.2, 0.25) is 5.95 Å². The van der Waals surface area contributed by atoms with Crippen LogP contribution in [0.1, 0.15) is 0 Å². The third-order valence-corrected chi connectivity index (χ3v) is 7.21. The smallest absolute Gasteiger partial charge is 0.234 e. The van der Waals surface area contributed by atoms with E-state index in [0.717, 1.165) is 22.2 Å². The summed E-state index contributed by atoms with van der Waals surface area (Å²) in [4.78, 5) is 9.35. The highest BCUT2D eigenvalue weighted by atomic mass is 15.2. The van der Waals surface area contributed by atoms with Crippen LogP contribution in [-0.4, -0.2) is 19.1 Å². The Morgan fingerprint density at radius 1 is 0.417 bits per heavy atom. The van der Waals surface area contributed by atoms with E-state index in [1.807, 2.05) is 18.5 Å². The monoisotopic (exact) mass is 460 g/mol. The summed E-state index contributed by atoms with van der Waals surface area (Å²) in [6.07, 6.45) is 3.62. The maximum Gasteiger partial charge on any atom is 0.234 e. The molecule has 0 atom stereocenters. The van der Waals surface area contributed by atoms with Gasteiger partial charge in [0, 0.05) is 45.0 Å². The van der Waals surface area contributed by atoms with Crippen molar-refractivity contribution in [2.45, 2.75) is 0 Å². The number of hydrogen-bond donors (Lipinski definition) is 0. The minimum Gasteiger partial charge on any atom is -0.307 e. The highest BCUT2D eigenvalue weighted by Crippen LogP contribution is 2.42. The van der Waals surface area contributed by atoms with E-state index in [9.17, 15) is 0 Å². The molecule has 0 amide bonds. The summed E-state index contributed by atoms with van der Waals surface area (Å²) >= 11 is 0. The second-order valence-corrected chi connectivity index (χ2v) is 9.11. The Labute approximate surface area is 206 Å². The van der Waals surface area contributed by atoms with E-state index in [-0.39, 0.29) is 0 Å². The Morgan fingerprint density at radius 2 is 1.03 bits per heavy atom. The Hall–Kier alpha value is -4.96. The molecule has 3 heterocycles. The van der Waals surface area contributed by atoms with Crippen molar-refractivity contribution in [3.05, 3.63) is 122 Å². The predicted molar refractivity (Wildman–Crippen MR) is 148 cm³/mol. The largest absolute Gasteiger partial charge is 0.307 e. The van der Waals surface area contributed by atoms with Gasteiger partial charge in [-0.2, -0.15) is 0 Å². The SMILES string of the molecule is c1ccc(-n2c3c4ccccc4ccc3c3ccc4c5ccccc5n(-c5ncccn5)c4c32)cc1. The third-order valence-electron chi connectivity index (χ3n) is 7.21. The maximum absolute atomic E-state index is 4.68. The zero-order chi connectivity index (χ0) is 23.6. The highest BCUT2D eigenvalue weighted by molar-refractivity contribution is 6.26. The molecule has 8 aromatic rings. The number of para-hydroxylation sites is 2. The zero-order valence-corrected chi connectivity index (χ0v) is 19.3. The minimum absolute atomic E-state index is 0.672. The van der Waals surface area contributed by atoms with Gasteiger partial charge in [0.15, 0.2) is 0 Å². The zero-order valence-electron chi connectivity index (χ0n) is 19.3. The van der Waals surface area contributed by atoms with Crippen molar-refractivity contribution in [3.63, 3.8) is 0 Å². The van der Waals surface area contributed by atoms with Crippen molar-refractivity contribution < 1.29 is 0 Å². The molecule has 0 N–H and O–H groups in total. The van der Waals surface area contributed by atoms with Crippen molar-refractivity contribution >= 4 is 54.4 Å². The van der Waals surface area contributed by atoms with Gasteiger partial charge >= 0.3 is 0 Å². The average molecular weight is 461 g/mol. The summed E-state index contributed by atoms with van der Waals surface area (Å²) in [5, 5.41) is 7.30. The van der Waals surface area contributed by atoms with E-state index in [1.165, 1.54) is 37.8 Å². The Balaban J connectivity index is 1.71. The molecule has 0 aliphatic carbocycles. The van der Waals surface area contributed by atoms with Gasteiger partial charge in [0.25, 0.3) is 0 Å². The fourth-order valence-electron chi connectivity index (χ4n) is 5.76. The lowest BCUT2D eigenvalue weighted by atomic mass is 10.0. The van der Waals surface area contributed by atoms with Crippen LogP contribution in [0.25, 0.3) is 66.0 Å². The molecule has 0 aliphatic rings. The van der Waals surface area contributed by atoms with E-state index in [2.05, 4.69) is 122 Å². The van der Waals surface area contributed by atoms with Crippen molar-refractivity contribution in [3.8, 4) is 11.6 Å². The summed E-state index contributed by atoms with van der Waals surface area (Å²) in [5.74, 6) is 0.672. The maximum atomic E-state index is 4.68. The molecular formula is C32H20N4. The molecule has 0 saturated carbocycles. The van der Waals surface area contributed by atoms with Crippen LogP contribution in [0.3, 0.4) is 0 Å². The van der Waals surface area contributed by atoms with Crippen LogP contribution in [0.4, 0.5) is 0 Å². The van der Waals surface area contributed by atoms with Gasteiger partial charge < -0.3 is 4.57 Å². The third kappa shape index (κ3) is 2.53. The van der Waals surface area contributed by atoms with Gasteiger partial charge in [-0.15, -0.1) is 0 Å². The number of aromatic nitrogens is 4. The fraction of sp³-hybridized carbons (Fsp3) is 0. The average Bonchev–Trinajstić information content (AvgIpc) is 3.47. The first kappa shape index (κ1) is 19.4. The van der Waals surface area contributed by atoms with Crippen molar-refractivity contribution in [1.82, 2.24) is 19.1 Å². The van der Waals surface area contributed by atoms with Crippen LogP contribution < -0.4 is 0 Å². The molecule has 168 valence electrons. The molecule has 3 aromatic heterocycles. The first-order chi connectivity index (χ1) is 17.9. The number of rotatable bonds is 2. The number of nitrogens with zero attached hydrogens (tertiary/aromatic N) is 4. The van der Waals surface area contributed by atoms with E-state index < -0.39 is 0 Å². The molecule has 0 fully saturated rings. The number of hydrogen-bond acceptors (Lipinski definition) is 2. The second kappa shape index (κ2) is 7.27. The number of fused-ring (bicyclic) bond motifs is 9. The van der Waals surface area contributed by atoms with Crippen molar-refractivity contribution in [1.29, 1.82) is 0 Å². The topological polar surface area (TPSA) is 35.6 Å². The molecule has 0 radical (unpaired) electrons. The fourth-order valence-corrected chi connectivity index (χ4v) is 5.76. The lowest BCUT2D eigenvalue weighted by molar-refractivity contribution is 0.988. The molecule has 0 aliphatic heterocycles. The van der Waals surface area contributed by atoms with E-state index >= 15 is 0 Å². The van der Waals surface area contributed by atoms with Crippen LogP contribution in [-0.2, 0) is 0 Å². The van der Waals surface area contributed by atoms with Crippen molar-refractivity contribution in [2.75, 3.05) is 0 Å². The molecular weight excluding hydrogens is 440 g/mol. The van der Waals surface area contributed by atoms with Crippen molar-refractivity contribution in [2.24, 2.45) is 0 Å². The molecule has 8 rings (SSSR count). The molecule has 4 heteroatoms. The number of benzene rings is 5. The van der Waals surface area contributed by atoms with E-state index in [4.69, 9.17) is 0 Å². The summed E-state index contributed by atoms with van der Waals surface area (Å²) < 4.78 is 4.64.